The van der Waals surface area contributed by atoms with Crippen LogP contribution in [-0.4, -0.2) is 33.7 Å². The van der Waals surface area contributed by atoms with E-state index in [4.69, 9.17) is 17.3 Å². The Bertz CT molecular complexity index is 710. The average molecular weight is 322 g/mol. The summed E-state index contributed by atoms with van der Waals surface area (Å²) in [6, 6.07) is 6.82. The Morgan fingerprint density at radius 1 is 1.50 bits per heavy atom. The molecule has 1 aliphatic rings. The van der Waals surface area contributed by atoms with Crippen molar-refractivity contribution in [1.82, 2.24) is 10.3 Å². The molecule has 5 nitrogen and oxygen atoms in total. The van der Waals surface area contributed by atoms with Gasteiger partial charge in [0.25, 0.3) is 5.91 Å². The maximum Gasteiger partial charge on any atom is 0.268 e. The SMILES string of the molecule is CC1(O)CCC(N)C(NC(=O)c2cc3cc(Cl)ccc3[nH]2)C1. The van der Waals surface area contributed by atoms with Gasteiger partial charge in [-0.3, -0.25) is 4.79 Å². The van der Waals surface area contributed by atoms with Crippen LogP contribution < -0.4 is 11.1 Å². The second kappa shape index (κ2) is 5.57. The van der Waals surface area contributed by atoms with Gasteiger partial charge in [0.2, 0.25) is 0 Å². The van der Waals surface area contributed by atoms with Crippen molar-refractivity contribution in [2.75, 3.05) is 0 Å². The van der Waals surface area contributed by atoms with Crippen molar-refractivity contribution in [2.24, 2.45) is 5.73 Å². The summed E-state index contributed by atoms with van der Waals surface area (Å²) in [5.74, 6) is -0.217. The quantitative estimate of drug-likeness (QED) is 0.683. The Morgan fingerprint density at radius 2 is 2.27 bits per heavy atom. The van der Waals surface area contributed by atoms with Gasteiger partial charge in [-0.15, -0.1) is 0 Å². The number of aromatic nitrogens is 1. The van der Waals surface area contributed by atoms with Crippen molar-refractivity contribution in [1.29, 1.82) is 0 Å². The lowest BCUT2D eigenvalue weighted by molar-refractivity contribution is 0.00490. The van der Waals surface area contributed by atoms with Crippen molar-refractivity contribution in [3.63, 3.8) is 0 Å². The van der Waals surface area contributed by atoms with Crippen LogP contribution in [0.5, 0.6) is 0 Å². The first-order valence-corrected chi connectivity index (χ1v) is 7.79. The normalized spacial score (nSPS) is 28.7. The maximum absolute atomic E-state index is 12.4. The molecule has 1 fully saturated rings. The summed E-state index contributed by atoms with van der Waals surface area (Å²) in [7, 11) is 0. The number of carbonyl (C=O) groups is 1. The second-order valence-electron chi connectivity index (χ2n) is 6.40. The third-order valence-corrected chi connectivity index (χ3v) is 4.57. The molecule has 0 bridgehead atoms. The van der Waals surface area contributed by atoms with E-state index in [1.165, 1.54) is 0 Å². The molecule has 5 N–H and O–H groups in total. The van der Waals surface area contributed by atoms with Crippen LogP contribution in [0.3, 0.4) is 0 Å². The van der Waals surface area contributed by atoms with E-state index in [0.29, 0.717) is 30.0 Å². The Labute approximate surface area is 133 Å². The number of amides is 1. The van der Waals surface area contributed by atoms with E-state index < -0.39 is 5.60 Å². The number of nitrogens with two attached hydrogens (primary N) is 1. The van der Waals surface area contributed by atoms with Gasteiger partial charge in [0.05, 0.1) is 5.60 Å². The molecule has 0 spiro atoms. The second-order valence-corrected chi connectivity index (χ2v) is 6.83. The summed E-state index contributed by atoms with van der Waals surface area (Å²) >= 11 is 5.95. The predicted molar refractivity (Wildman–Crippen MR) is 87.0 cm³/mol. The van der Waals surface area contributed by atoms with Gasteiger partial charge in [-0.25, -0.2) is 0 Å². The van der Waals surface area contributed by atoms with Gasteiger partial charge in [-0.2, -0.15) is 0 Å². The van der Waals surface area contributed by atoms with Crippen LogP contribution >= 0.6 is 11.6 Å². The highest BCUT2D eigenvalue weighted by Gasteiger charge is 2.35. The van der Waals surface area contributed by atoms with E-state index in [0.717, 1.165) is 10.9 Å². The molecule has 3 rings (SSSR count). The van der Waals surface area contributed by atoms with Crippen molar-refractivity contribution in [2.45, 2.75) is 43.9 Å². The van der Waals surface area contributed by atoms with Crippen LogP contribution in [-0.2, 0) is 0 Å². The zero-order valence-corrected chi connectivity index (χ0v) is 13.2. The van der Waals surface area contributed by atoms with Gasteiger partial charge in [-0.1, -0.05) is 11.6 Å². The fraction of sp³-hybridized carbons (Fsp3) is 0.438. The van der Waals surface area contributed by atoms with Crippen molar-refractivity contribution >= 4 is 28.4 Å². The van der Waals surface area contributed by atoms with Crippen molar-refractivity contribution in [3.05, 3.63) is 35.0 Å². The first-order chi connectivity index (χ1) is 10.3. The van der Waals surface area contributed by atoms with Gasteiger partial charge in [0.1, 0.15) is 5.69 Å². The average Bonchev–Trinajstić information content (AvgIpc) is 2.85. The van der Waals surface area contributed by atoms with E-state index in [2.05, 4.69) is 10.3 Å². The minimum absolute atomic E-state index is 0.136. The zero-order chi connectivity index (χ0) is 15.9. The largest absolute Gasteiger partial charge is 0.390 e. The van der Waals surface area contributed by atoms with Crippen LogP contribution in [0.25, 0.3) is 10.9 Å². The van der Waals surface area contributed by atoms with Crippen LogP contribution in [0.15, 0.2) is 24.3 Å². The Morgan fingerprint density at radius 3 is 3.05 bits per heavy atom. The molecule has 22 heavy (non-hydrogen) atoms. The number of aliphatic hydroxyl groups is 1. The van der Waals surface area contributed by atoms with Gasteiger partial charge in [-0.05, 0) is 50.5 Å². The number of carbonyl (C=O) groups excluding carboxylic acids is 1. The number of benzene rings is 1. The van der Waals surface area contributed by atoms with E-state index in [1.807, 2.05) is 6.07 Å². The minimum Gasteiger partial charge on any atom is -0.390 e. The fourth-order valence-electron chi connectivity index (χ4n) is 3.04. The van der Waals surface area contributed by atoms with Crippen LogP contribution in [0.4, 0.5) is 0 Å². The lowest BCUT2D eigenvalue weighted by atomic mass is 9.80. The molecular weight excluding hydrogens is 302 g/mol. The number of rotatable bonds is 2. The van der Waals surface area contributed by atoms with Gasteiger partial charge in [0.15, 0.2) is 0 Å². The monoisotopic (exact) mass is 321 g/mol. The van der Waals surface area contributed by atoms with Crippen LogP contribution in [0.1, 0.15) is 36.7 Å². The standard InChI is InChI=1S/C16H20ClN3O2/c1-16(22)5-4-11(18)14(8-16)20-15(21)13-7-9-6-10(17)2-3-12(9)19-13/h2-3,6-7,11,14,19,22H,4-5,8,18H2,1H3,(H,20,21). The predicted octanol–water partition coefficient (Wildman–Crippen LogP) is 2.18. The molecule has 1 aromatic heterocycles. The van der Waals surface area contributed by atoms with Gasteiger partial charge in [0, 0.05) is 28.0 Å². The molecule has 6 heteroatoms. The summed E-state index contributed by atoms with van der Waals surface area (Å²) in [5.41, 5.74) is 6.62. The highest BCUT2D eigenvalue weighted by atomic mass is 35.5. The van der Waals surface area contributed by atoms with E-state index >= 15 is 0 Å². The van der Waals surface area contributed by atoms with Crippen molar-refractivity contribution in [3.8, 4) is 0 Å². The molecule has 0 radical (unpaired) electrons. The summed E-state index contributed by atoms with van der Waals surface area (Å²) in [5, 5.41) is 14.6. The highest BCUT2D eigenvalue weighted by Crippen LogP contribution is 2.27. The first kappa shape index (κ1) is 15.3. The fourth-order valence-corrected chi connectivity index (χ4v) is 3.22. The molecule has 1 aromatic carbocycles. The highest BCUT2D eigenvalue weighted by molar-refractivity contribution is 6.31. The lowest BCUT2D eigenvalue weighted by Crippen LogP contribution is -2.55. The molecule has 118 valence electrons. The molecule has 3 unspecified atom stereocenters. The van der Waals surface area contributed by atoms with Gasteiger partial charge >= 0.3 is 0 Å². The van der Waals surface area contributed by atoms with Crippen LogP contribution in [0, 0.1) is 0 Å². The maximum atomic E-state index is 12.4. The topological polar surface area (TPSA) is 91.1 Å². The number of nitrogens with one attached hydrogen (secondary N) is 2. The summed E-state index contributed by atoms with van der Waals surface area (Å²) in [6.45, 7) is 1.78. The summed E-state index contributed by atoms with van der Waals surface area (Å²) < 4.78 is 0. The molecule has 0 aliphatic heterocycles. The van der Waals surface area contributed by atoms with Gasteiger partial charge < -0.3 is 21.1 Å². The third-order valence-electron chi connectivity index (χ3n) is 4.34. The summed E-state index contributed by atoms with van der Waals surface area (Å²) in [6.07, 6.45) is 1.82. The molecule has 1 amide bonds. The Hall–Kier alpha value is -1.56. The van der Waals surface area contributed by atoms with Crippen LogP contribution in [0.2, 0.25) is 5.02 Å². The number of H-pyrrole nitrogens is 1. The molecule has 1 heterocycles. The molecule has 3 atom stereocenters. The van der Waals surface area contributed by atoms with Crippen molar-refractivity contribution < 1.29 is 9.90 Å². The molecule has 1 aliphatic carbocycles. The Kier molecular flexibility index (Phi) is 3.89. The smallest absolute Gasteiger partial charge is 0.268 e. The molecule has 2 aromatic rings. The van der Waals surface area contributed by atoms with E-state index in [9.17, 15) is 9.90 Å². The molecule has 0 saturated heterocycles. The first-order valence-electron chi connectivity index (χ1n) is 7.41. The van der Waals surface area contributed by atoms with E-state index in [-0.39, 0.29) is 18.0 Å². The summed E-state index contributed by atoms with van der Waals surface area (Å²) in [4.78, 5) is 15.5. The zero-order valence-electron chi connectivity index (χ0n) is 12.4. The minimum atomic E-state index is -0.776. The number of hydrogen-bond donors (Lipinski definition) is 4. The van der Waals surface area contributed by atoms with E-state index in [1.54, 1.807) is 25.1 Å². The molecule has 1 saturated carbocycles. The Balaban J connectivity index is 1.77. The number of halogens is 1. The number of fused-ring (bicyclic) bond motifs is 1. The number of hydrogen-bond acceptors (Lipinski definition) is 3. The third kappa shape index (κ3) is 3.11. The number of aromatic amines is 1. The lowest BCUT2D eigenvalue weighted by Gasteiger charge is -2.38. The molecular formula is C16H20ClN3O2.